The fourth-order valence-corrected chi connectivity index (χ4v) is 0.993. The molecule has 0 bridgehead atoms. The minimum atomic E-state index is -4.36. The SMILES string of the molecule is CC(C)c1nccnc1OCC(F)(F)F. The van der Waals surface area contributed by atoms with E-state index in [1.807, 2.05) is 13.8 Å². The van der Waals surface area contributed by atoms with Crippen LogP contribution in [-0.2, 0) is 0 Å². The van der Waals surface area contributed by atoms with Gasteiger partial charge in [-0.3, -0.25) is 4.98 Å². The molecule has 1 aromatic rings. The van der Waals surface area contributed by atoms with Crippen molar-refractivity contribution in [3.05, 3.63) is 18.1 Å². The first-order valence-corrected chi connectivity index (χ1v) is 4.40. The Morgan fingerprint density at radius 1 is 1.27 bits per heavy atom. The molecule has 15 heavy (non-hydrogen) atoms. The minimum absolute atomic E-state index is 0.0260. The van der Waals surface area contributed by atoms with Gasteiger partial charge in [-0.25, -0.2) is 4.98 Å². The Kier molecular flexibility index (Phi) is 3.49. The summed E-state index contributed by atoms with van der Waals surface area (Å²) in [6.07, 6.45) is -1.63. The van der Waals surface area contributed by atoms with Crippen LogP contribution in [0.2, 0.25) is 0 Å². The van der Waals surface area contributed by atoms with Crippen molar-refractivity contribution < 1.29 is 17.9 Å². The standard InChI is InChI=1S/C9H11F3N2O/c1-6(2)7-8(14-4-3-13-7)15-5-9(10,11)12/h3-4,6H,5H2,1-2H3. The molecule has 84 valence electrons. The molecule has 0 aromatic carbocycles. The van der Waals surface area contributed by atoms with E-state index in [0.717, 1.165) is 0 Å². The van der Waals surface area contributed by atoms with Gasteiger partial charge in [0.05, 0.1) is 0 Å². The highest BCUT2D eigenvalue weighted by Crippen LogP contribution is 2.23. The van der Waals surface area contributed by atoms with Crippen molar-refractivity contribution in [2.75, 3.05) is 6.61 Å². The second-order valence-corrected chi connectivity index (χ2v) is 3.31. The van der Waals surface area contributed by atoms with Crippen molar-refractivity contribution in [1.29, 1.82) is 0 Å². The molecule has 6 heteroatoms. The summed E-state index contributed by atoms with van der Waals surface area (Å²) >= 11 is 0. The van der Waals surface area contributed by atoms with E-state index in [9.17, 15) is 13.2 Å². The molecule has 0 aliphatic rings. The van der Waals surface area contributed by atoms with Crippen LogP contribution in [0.1, 0.15) is 25.5 Å². The lowest BCUT2D eigenvalue weighted by Crippen LogP contribution is -2.20. The molecule has 0 amide bonds. The zero-order valence-electron chi connectivity index (χ0n) is 8.38. The van der Waals surface area contributed by atoms with Crippen LogP contribution in [0.25, 0.3) is 0 Å². The summed E-state index contributed by atoms with van der Waals surface area (Å²) in [7, 11) is 0. The Morgan fingerprint density at radius 3 is 2.40 bits per heavy atom. The van der Waals surface area contributed by atoms with Crippen molar-refractivity contribution in [1.82, 2.24) is 9.97 Å². The van der Waals surface area contributed by atoms with Gasteiger partial charge in [-0.2, -0.15) is 13.2 Å². The smallest absolute Gasteiger partial charge is 0.422 e. The molecule has 0 saturated carbocycles. The van der Waals surface area contributed by atoms with Crippen molar-refractivity contribution in [3.63, 3.8) is 0 Å². The number of hydrogen-bond acceptors (Lipinski definition) is 3. The first kappa shape index (κ1) is 11.7. The molecule has 0 N–H and O–H groups in total. The van der Waals surface area contributed by atoms with Crippen LogP contribution >= 0.6 is 0 Å². The molecule has 0 saturated heterocycles. The molecule has 0 spiro atoms. The number of rotatable bonds is 3. The molecule has 0 radical (unpaired) electrons. The van der Waals surface area contributed by atoms with Crippen molar-refractivity contribution in [2.45, 2.75) is 25.9 Å². The third-order valence-electron chi connectivity index (χ3n) is 1.61. The lowest BCUT2D eigenvalue weighted by Gasteiger charge is -2.12. The van der Waals surface area contributed by atoms with E-state index in [4.69, 9.17) is 0 Å². The van der Waals surface area contributed by atoms with Crippen LogP contribution in [0.3, 0.4) is 0 Å². The van der Waals surface area contributed by atoms with Crippen LogP contribution in [0.15, 0.2) is 12.4 Å². The summed E-state index contributed by atoms with van der Waals surface area (Å²) in [5, 5.41) is 0. The fraction of sp³-hybridized carbons (Fsp3) is 0.556. The van der Waals surface area contributed by atoms with Crippen LogP contribution < -0.4 is 4.74 Å². The van der Waals surface area contributed by atoms with Gasteiger partial charge in [0.2, 0.25) is 5.88 Å². The van der Waals surface area contributed by atoms with Crippen LogP contribution in [0.5, 0.6) is 5.88 Å². The van der Waals surface area contributed by atoms with E-state index in [1.165, 1.54) is 12.4 Å². The van der Waals surface area contributed by atoms with E-state index < -0.39 is 12.8 Å². The number of ether oxygens (including phenoxy) is 1. The van der Waals surface area contributed by atoms with E-state index in [1.54, 1.807) is 0 Å². The molecule has 0 fully saturated rings. The average molecular weight is 220 g/mol. The number of nitrogens with zero attached hydrogens (tertiary/aromatic N) is 2. The van der Waals surface area contributed by atoms with E-state index in [2.05, 4.69) is 14.7 Å². The summed E-state index contributed by atoms with van der Waals surface area (Å²) < 4.78 is 40.3. The van der Waals surface area contributed by atoms with Crippen molar-refractivity contribution in [3.8, 4) is 5.88 Å². The van der Waals surface area contributed by atoms with E-state index >= 15 is 0 Å². The Balaban J connectivity index is 2.76. The molecule has 0 atom stereocenters. The molecule has 0 aliphatic heterocycles. The van der Waals surface area contributed by atoms with Gasteiger partial charge in [-0.05, 0) is 0 Å². The monoisotopic (exact) mass is 220 g/mol. The van der Waals surface area contributed by atoms with Crippen molar-refractivity contribution in [2.24, 2.45) is 0 Å². The maximum atomic E-state index is 11.9. The summed E-state index contributed by atoms with van der Waals surface area (Å²) in [6, 6.07) is 0. The predicted molar refractivity (Wildman–Crippen MR) is 47.7 cm³/mol. The molecule has 1 aromatic heterocycles. The summed E-state index contributed by atoms with van der Waals surface area (Å²) in [4.78, 5) is 7.64. The molecule has 0 unspecified atom stereocenters. The maximum absolute atomic E-state index is 11.9. The second-order valence-electron chi connectivity index (χ2n) is 3.31. The third kappa shape index (κ3) is 3.73. The Morgan fingerprint density at radius 2 is 1.87 bits per heavy atom. The molecule has 0 aliphatic carbocycles. The average Bonchev–Trinajstić information content (AvgIpc) is 2.14. The highest BCUT2D eigenvalue weighted by atomic mass is 19.4. The van der Waals surface area contributed by atoms with Crippen LogP contribution in [0, 0.1) is 0 Å². The van der Waals surface area contributed by atoms with Crippen LogP contribution in [-0.4, -0.2) is 22.8 Å². The van der Waals surface area contributed by atoms with Gasteiger partial charge in [0.25, 0.3) is 0 Å². The maximum Gasteiger partial charge on any atom is 0.422 e. The van der Waals surface area contributed by atoms with Gasteiger partial charge >= 0.3 is 6.18 Å². The van der Waals surface area contributed by atoms with E-state index in [0.29, 0.717) is 5.69 Å². The summed E-state index contributed by atoms with van der Waals surface area (Å²) in [5.74, 6) is -0.0771. The predicted octanol–water partition coefficient (Wildman–Crippen LogP) is 2.54. The number of halogens is 3. The molecular formula is C9H11F3N2O. The number of hydrogen-bond donors (Lipinski definition) is 0. The van der Waals surface area contributed by atoms with Gasteiger partial charge < -0.3 is 4.74 Å². The zero-order valence-corrected chi connectivity index (χ0v) is 8.38. The van der Waals surface area contributed by atoms with Gasteiger partial charge in [0, 0.05) is 18.3 Å². The molecule has 1 heterocycles. The normalized spacial score (nSPS) is 11.9. The quantitative estimate of drug-likeness (QED) is 0.785. The number of aromatic nitrogens is 2. The van der Waals surface area contributed by atoms with Gasteiger partial charge in [-0.1, -0.05) is 13.8 Å². The molecular weight excluding hydrogens is 209 g/mol. The zero-order chi connectivity index (χ0) is 11.5. The first-order valence-electron chi connectivity index (χ1n) is 4.40. The lowest BCUT2D eigenvalue weighted by atomic mass is 10.1. The Hall–Kier alpha value is -1.33. The second kappa shape index (κ2) is 4.46. The molecule has 3 nitrogen and oxygen atoms in total. The van der Waals surface area contributed by atoms with Crippen molar-refractivity contribution >= 4 is 0 Å². The van der Waals surface area contributed by atoms with Crippen LogP contribution in [0.4, 0.5) is 13.2 Å². The van der Waals surface area contributed by atoms with Gasteiger partial charge in [0.15, 0.2) is 6.61 Å². The van der Waals surface area contributed by atoms with Gasteiger partial charge in [-0.15, -0.1) is 0 Å². The van der Waals surface area contributed by atoms with Gasteiger partial charge in [0.1, 0.15) is 5.69 Å². The third-order valence-corrected chi connectivity index (χ3v) is 1.61. The minimum Gasteiger partial charge on any atom is -0.467 e. The lowest BCUT2D eigenvalue weighted by molar-refractivity contribution is -0.154. The topological polar surface area (TPSA) is 35.0 Å². The highest BCUT2D eigenvalue weighted by molar-refractivity contribution is 5.20. The number of alkyl halides is 3. The summed E-state index contributed by atoms with van der Waals surface area (Å²) in [5.41, 5.74) is 0.432. The largest absolute Gasteiger partial charge is 0.467 e. The highest BCUT2D eigenvalue weighted by Gasteiger charge is 2.29. The van der Waals surface area contributed by atoms with E-state index in [-0.39, 0.29) is 11.8 Å². The molecule has 1 rings (SSSR count). The summed E-state index contributed by atoms with van der Waals surface area (Å²) in [6.45, 7) is 2.28. The Bertz CT molecular complexity index is 325. The fourth-order valence-electron chi connectivity index (χ4n) is 0.993. The first-order chi connectivity index (χ1) is 6.90. The Labute approximate surface area is 85.3 Å².